The summed E-state index contributed by atoms with van der Waals surface area (Å²) >= 11 is 0. The quantitative estimate of drug-likeness (QED) is 0.256. The van der Waals surface area contributed by atoms with Gasteiger partial charge in [-0.2, -0.15) is 0 Å². The van der Waals surface area contributed by atoms with Gasteiger partial charge in [-0.25, -0.2) is 15.0 Å². The molecule has 40 heavy (non-hydrogen) atoms. The summed E-state index contributed by atoms with van der Waals surface area (Å²) in [7, 11) is 3.27. The van der Waals surface area contributed by atoms with Crippen molar-refractivity contribution in [1.82, 2.24) is 19.5 Å². The largest absolute Gasteiger partial charge is 0.497 e. The third-order valence-electron chi connectivity index (χ3n) is 7.27. The standard InChI is InChI=1S/C29H35N5O6/c1-5-39-14-23-25(35)26(36)29(40-23)34-16-33-24-27(31-15-32-28(24)34)30-13-22(21-9-7-6-8-17(21)2)18-10-19(37-3)12-20(11-18)38-4/h6-12,15-16,22-23,25-26,29,35-36H,5,13-14H2,1-4H3,(H,30,31,32)/t22-,23+,25+,26+,29+/m0/s1. The highest BCUT2D eigenvalue weighted by Gasteiger charge is 2.44. The SMILES string of the molecule is CCOC[C@H]1O[C@@H](n2cnc3c(NC[C@@H](c4cc(OC)cc(OC)c4)c4ccccc4C)ncnc32)[C@H](O)[C@@H]1O. The van der Waals surface area contributed by atoms with Crippen molar-refractivity contribution in [3.8, 4) is 11.5 Å². The van der Waals surface area contributed by atoms with E-state index in [0.29, 0.717) is 41.6 Å². The average molecular weight is 550 g/mol. The Bertz CT molecular complexity index is 1420. The number of fused-ring (bicyclic) bond motifs is 1. The molecule has 5 rings (SSSR count). The smallest absolute Gasteiger partial charge is 0.167 e. The van der Waals surface area contributed by atoms with Crippen LogP contribution in [0, 0.1) is 6.92 Å². The van der Waals surface area contributed by atoms with Gasteiger partial charge >= 0.3 is 0 Å². The minimum Gasteiger partial charge on any atom is -0.497 e. The van der Waals surface area contributed by atoms with Gasteiger partial charge in [-0.15, -0.1) is 0 Å². The number of benzene rings is 2. The first-order chi connectivity index (χ1) is 19.4. The summed E-state index contributed by atoms with van der Waals surface area (Å²) in [5.41, 5.74) is 4.32. The molecule has 1 aliphatic rings. The van der Waals surface area contributed by atoms with E-state index < -0.39 is 24.5 Å². The highest BCUT2D eigenvalue weighted by Crippen LogP contribution is 2.35. The van der Waals surface area contributed by atoms with E-state index in [2.05, 4.69) is 39.3 Å². The fraction of sp³-hybridized carbons (Fsp3) is 0.414. The fourth-order valence-corrected chi connectivity index (χ4v) is 5.11. The third kappa shape index (κ3) is 5.46. The monoisotopic (exact) mass is 549 g/mol. The summed E-state index contributed by atoms with van der Waals surface area (Å²) in [6, 6.07) is 14.1. The number of nitrogens with zero attached hydrogens (tertiary/aromatic N) is 4. The number of anilines is 1. The van der Waals surface area contributed by atoms with E-state index in [-0.39, 0.29) is 12.5 Å². The Morgan fingerprint density at radius 2 is 1.77 bits per heavy atom. The molecule has 0 aliphatic carbocycles. The molecule has 1 saturated heterocycles. The van der Waals surface area contributed by atoms with Crippen molar-refractivity contribution in [2.45, 2.75) is 44.3 Å². The van der Waals surface area contributed by atoms with Crippen LogP contribution in [0.25, 0.3) is 11.2 Å². The van der Waals surface area contributed by atoms with Gasteiger partial charge in [0.05, 0.1) is 27.2 Å². The predicted octanol–water partition coefficient (Wildman–Crippen LogP) is 3.05. The number of ether oxygens (including phenoxy) is 4. The van der Waals surface area contributed by atoms with Crippen LogP contribution in [0.2, 0.25) is 0 Å². The van der Waals surface area contributed by atoms with Crippen LogP contribution < -0.4 is 14.8 Å². The number of hydrogen-bond acceptors (Lipinski definition) is 10. The molecule has 0 unspecified atom stereocenters. The summed E-state index contributed by atoms with van der Waals surface area (Å²) < 4.78 is 24.0. The average Bonchev–Trinajstić information content (AvgIpc) is 3.53. The van der Waals surface area contributed by atoms with E-state index in [9.17, 15) is 10.2 Å². The lowest BCUT2D eigenvalue weighted by Gasteiger charge is -2.22. The van der Waals surface area contributed by atoms with Crippen molar-refractivity contribution in [2.24, 2.45) is 0 Å². The highest BCUT2D eigenvalue weighted by atomic mass is 16.6. The second kappa shape index (κ2) is 12.2. The number of rotatable bonds is 11. The van der Waals surface area contributed by atoms with Crippen LogP contribution in [0.15, 0.2) is 55.1 Å². The molecule has 3 heterocycles. The maximum absolute atomic E-state index is 10.7. The number of aliphatic hydroxyl groups is 2. The maximum Gasteiger partial charge on any atom is 0.167 e. The van der Waals surface area contributed by atoms with Gasteiger partial charge in [0.15, 0.2) is 23.2 Å². The summed E-state index contributed by atoms with van der Waals surface area (Å²) in [6.07, 6.45) is -0.801. The molecule has 0 bridgehead atoms. The molecule has 1 fully saturated rings. The van der Waals surface area contributed by atoms with Crippen molar-refractivity contribution in [3.63, 3.8) is 0 Å². The third-order valence-corrected chi connectivity index (χ3v) is 7.27. The number of aryl methyl sites for hydroxylation is 1. The van der Waals surface area contributed by atoms with Crippen molar-refractivity contribution < 1.29 is 29.2 Å². The Labute approximate surface area is 232 Å². The van der Waals surface area contributed by atoms with Gasteiger partial charge in [0.25, 0.3) is 0 Å². The van der Waals surface area contributed by atoms with Gasteiger partial charge in [-0.1, -0.05) is 24.3 Å². The van der Waals surface area contributed by atoms with Gasteiger partial charge in [-0.3, -0.25) is 4.57 Å². The molecular formula is C29H35N5O6. The molecule has 5 atom stereocenters. The predicted molar refractivity (Wildman–Crippen MR) is 149 cm³/mol. The van der Waals surface area contributed by atoms with E-state index in [1.807, 2.05) is 37.3 Å². The Kier molecular flexibility index (Phi) is 8.46. The Hall–Kier alpha value is -3.77. The van der Waals surface area contributed by atoms with E-state index in [4.69, 9.17) is 18.9 Å². The molecule has 0 amide bonds. The zero-order valence-corrected chi connectivity index (χ0v) is 23.0. The molecule has 2 aromatic carbocycles. The Balaban J connectivity index is 1.45. The van der Waals surface area contributed by atoms with Crippen LogP contribution in [-0.2, 0) is 9.47 Å². The molecular weight excluding hydrogens is 514 g/mol. The van der Waals surface area contributed by atoms with Gasteiger partial charge in [0.1, 0.15) is 36.1 Å². The lowest BCUT2D eigenvalue weighted by atomic mass is 9.88. The summed E-state index contributed by atoms with van der Waals surface area (Å²) in [4.78, 5) is 13.4. The zero-order chi connectivity index (χ0) is 28.2. The first-order valence-electron chi connectivity index (χ1n) is 13.2. The minimum absolute atomic E-state index is 0.0632. The Morgan fingerprint density at radius 3 is 2.48 bits per heavy atom. The molecule has 0 spiro atoms. The molecule has 11 heteroatoms. The number of nitrogens with one attached hydrogen (secondary N) is 1. The lowest BCUT2D eigenvalue weighted by molar-refractivity contribution is -0.0638. The van der Waals surface area contributed by atoms with Gasteiger partial charge in [-0.05, 0) is 42.7 Å². The van der Waals surface area contributed by atoms with Crippen LogP contribution in [-0.4, -0.2) is 82.0 Å². The molecule has 212 valence electrons. The van der Waals surface area contributed by atoms with Crippen molar-refractivity contribution in [3.05, 3.63) is 71.8 Å². The molecule has 0 saturated carbocycles. The lowest BCUT2D eigenvalue weighted by Crippen LogP contribution is -2.33. The van der Waals surface area contributed by atoms with Crippen LogP contribution in [0.4, 0.5) is 5.82 Å². The summed E-state index contributed by atoms with van der Waals surface area (Å²) in [5.74, 6) is 1.88. The molecule has 4 aromatic rings. The highest BCUT2D eigenvalue weighted by molar-refractivity contribution is 5.82. The van der Waals surface area contributed by atoms with Gasteiger partial charge < -0.3 is 34.5 Å². The van der Waals surface area contributed by atoms with Gasteiger partial charge in [0, 0.05) is 25.1 Å². The van der Waals surface area contributed by atoms with Crippen LogP contribution in [0.3, 0.4) is 0 Å². The number of hydrogen-bond donors (Lipinski definition) is 3. The first kappa shape index (κ1) is 27.8. The summed E-state index contributed by atoms with van der Waals surface area (Å²) in [6.45, 7) is 5.10. The number of aromatic nitrogens is 4. The first-order valence-corrected chi connectivity index (χ1v) is 13.2. The second-order valence-corrected chi connectivity index (χ2v) is 9.69. The normalized spacial score (nSPS) is 21.4. The van der Waals surface area contributed by atoms with Crippen molar-refractivity contribution >= 4 is 17.0 Å². The number of imidazole rings is 1. The summed E-state index contributed by atoms with van der Waals surface area (Å²) in [5, 5.41) is 24.7. The minimum atomic E-state index is -1.16. The molecule has 0 radical (unpaired) electrons. The number of aliphatic hydroxyl groups excluding tert-OH is 2. The van der Waals surface area contributed by atoms with E-state index in [1.165, 1.54) is 6.33 Å². The van der Waals surface area contributed by atoms with E-state index in [1.54, 1.807) is 25.1 Å². The maximum atomic E-state index is 10.7. The Morgan fingerprint density at radius 1 is 1.02 bits per heavy atom. The van der Waals surface area contributed by atoms with Crippen LogP contribution in [0.1, 0.15) is 35.8 Å². The molecule has 2 aromatic heterocycles. The zero-order valence-electron chi connectivity index (χ0n) is 23.0. The van der Waals surface area contributed by atoms with Crippen molar-refractivity contribution in [2.75, 3.05) is 39.3 Å². The number of methoxy groups -OCH3 is 2. The molecule has 11 nitrogen and oxygen atoms in total. The van der Waals surface area contributed by atoms with E-state index in [0.717, 1.165) is 16.7 Å². The molecule has 1 aliphatic heterocycles. The second-order valence-electron chi connectivity index (χ2n) is 9.69. The van der Waals surface area contributed by atoms with Crippen LogP contribution >= 0.6 is 0 Å². The van der Waals surface area contributed by atoms with Crippen LogP contribution in [0.5, 0.6) is 11.5 Å². The fourth-order valence-electron chi connectivity index (χ4n) is 5.11. The van der Waals surface area contributed by atoms with Crippen molar-refractivity contribution in [1.29, 1.82) is 0 Å². The van der Waals surface area contributed by atoms with Gasteiger partial charge in [0.2, 0.25) is 0 Å². The van der Waals surface area contributed by atoms with E-state index >= 15 is 0 Å². The topological polar surface area (TPSA) is 133 Å². The molecule has 3 N–H and O–H groups in total.